The van der Waals surface area contributed by atoms with Crippen LogP contribution in [0.5, 0.6) is 0 Å². The number of aliphatic hydroxyl groups is 1. The summed E-state index contributed by atoms with van der Waals surface area (Å²) in [5.41, 5.74) is 3.67. The molecule has 1 aromatic rings. The van der Waals surface area contributed by atoms with Crippen molar-refractivity contribution in [2.24, 2.45) is 5.10 Å². The highest BCUT2D eigenvalue weighted by Gasteiger charge is 1.99. The third-order valence-corrected chi connectivity index (χ3v) is 1.69. The van der Waals surface area contributed by atoms with Crippen LogP contribution in [0.25, 0.3) is 0 Å². The van der Waals surface area contributed by atoms with Crippen LogP contribution < -0.4 is 5.43 Å². The van der Waals surface area contributed by atoms with Crippen molar-refractivity contribution in [2.45, 2.75) is 0 Å². The predicted molar refractivity (Wildman–Crippen MR) is 56.1 cm³/mol. The summed E-state index contributed by atoms with van der Waals surface area (Å²) in [6, 6.07) is 6.34. The molecule has 3 N–H and O–H groups in total. The molecule has 1 aromatic carbocycles. The Morgan fingerprint density at radius 2 is 2.07 bits per heavy atom. The Hall–Kier alpha value is -1.88. The number of aromatic carboxylic acids is 1. The quantitative estimate of drug-likeness (QED) is 0.369. The molecule has 0 saturated carbocycles. The van der Waals surface area contributed by atoms with Crippen LogP contribution in [0.4, 0.5) is 0 Å². The van der Waals surface area contributed by atoms with Gasteiger partial charge in [0, 0.05) is 0 Å². The minimum atomic E-state index is -0.947. The normalized spacial score (nSPS) is 10.5. The van der Waals surface area contributed by atoms with E-state index in [9.17, 15) is 4.79 Å². The van der Waals surface area contributed by atoms with Crippen molar-refractivity contribution in [1.29, 1.82) is 0 Å². The van der Waals surface area contributed by atoms with Gasteiger partial charge in [0.1, 0.15) is 0 Å². The van der Waals surface area contributed by atoms with Crippen LogP contribution >= 0.6 is 0 Å². The number of carbonyl (C=O) groups is 1. The van der Waals surface area contributed by atoms with Gasteiger partial charge in [-0.25, -0.2) is 4.79 Å². The van der Waals surface area contributed by atoms with Gasteiger partial charge in [0.05, 0.1) is 24.9 Å². The molecule has 0 spiro atoms. The summed E-state index contributed by atoms with van der Waals surface area (Å²) in [5, 5.41) is 20.9. The second-order valence-electron chi connectivity index (χ2n) is 2.82. The Bertz CT molecular complexity index is 346. The molecular formula is C10H12N2O3. The van der Waals surface area contributed by atoms with E-state index in [2.05, 4.69) is 10.5 Å². The maximum Gasteiger partial charge on any atom is 0.335 e. The molecule has 0 radical (unpaired) electrons. The lowest BCUT2D eigenvalue weighted by atomic mass is 10.1. The summed E-state index contributed by atoms with van der Waals surface area (Å²) >= 11 is 0. The SMILES string of the molecule is O=C(O)c1ccc(C=NNCCO)cc1. The van der Waals surface area contributed by atoms with Crippen molar-refractivity contribution in [3.63, 3.8) is 0 Å². The van der Waals surface area contributed by atoms with Crippen molar-refractivity contribution in [1.82, 2.24) is 5.43 Å². The van der Waals surface area contributed by atoms with Gasteiger partial charge >= 0.3 is 5.97 Å². The molecule has 0 unspecified atom stereocenters. The Kier molecular flexibility index (Phi) is 4.30. The van der Waals surface area contributed by atoms with Gasteiger partial charge in [-0.15, -0.1) is 0 Å². The minimum absolute atomic E-state index is 0.0231. The molecule has 0 atom stereocenters. The largest absolute Gasteiger partial charge is 0.478 e. The summed E-state index contributed by atoms with van der Waals surface area (Å²) in [5.74, 6) is -0.947. The van der Waals surface area contributed by atoms with E-state index >= 15 is 0 Å². The van der Waals surface area contributed by atoms with Crippen molar-refractivity contribution in [2.75, 3.05) is 13.2 Å². The van der Waals surface area contributed by atoms with E-state index in [4.69, 9.17) is 10.2 Å². The molecule has 0 aliphatic rings. The lowest BCUT2D eigenvalue weighted by Gasteiger charge is -1.96. The molecule has 15 heavy (non-hydrogen) atoms. The zero-order chi connectivity index (χ0) is 11.1. The Morgan fingerprint density at radius 3 is 2.60 bits per heavy atom. The van der Waals surface area contributed by atoms with Gasteiger partial charge in [-0.3, -0.25) is 0 Å². The second kappa shape index (κ2) is 5.77. The molecule has 0 bridgehead atoms. The number of aliphatic hydroxyl groups excluding tert-OH is 1. The summed E-state index contributed by atoms with van der Waals surface area (Å²) < 4.78 is 0. The van der Waals surface area contributed by atoms with Crippen LogP contribution in [0, 0.1) is 0 Å². The Labute approximate surface area is 87.1 Å². The first-order valence-corrected chi connectivity index (χ1v) is 4.44. The van der Waals surface area contributed by atoms with Crippen molar-refractivity contribution >= 4 is 12.2 Å². The molecule has 0 heterocycles. The topological polar surface area (TPSA) is 81.9 Å². The molecule has 80 valence electrons. The van der Waals surface area contributed by atoms with Crippen LogP contribution in [-0.4, -0.2) is 35.5 Å². The van der Waals surface area contributed by atoms with Gasteiger partial charge in [0.25, 0.3) is 0 Å². The number of rotatable bonds is 5. The number of nitrogens with zero attached hydrogens (tertiary/aromatic N) is 1. The second-order valence-corrected chi connectivity index (χ2v) is 2.82. The number of benzene rings is 1. The van der Waals surface area contributed by atoms with E-state index in [1.165, 1.54) is 12.1 Å². The lowest BCUT2D eigenvalue weighted by Crippen LogP contribution is -2.11. The molecule has 0 aromatic heterocycles. The predicted octanol–water partition coefficient (Wildman–Crippen LogP) is 0.301. The summed E-state index contributed by atoms with van der Waals surface area (Å²) in [6.45, 7) is 0.416. The van der Waals surface area contributed by atoms with E-state index in [1.54, 1.807) is 18.3 Å². The fourth-order valence-corrected chi connectivity index (χ4v) is 0.946. The highest BCUT2D eigenvalue weighted by molar-refractivity contribution is 5.89. The van der Waals surface area contributed by atoms with E-state index in [1.807, 2.05) is 0 Å². The summed E-state index contributed by atoms with van der Waals surface area (Å²) in [4.78, 5) is 10.5. The number of carboxylic acids is 1. The van der Waals surface area contributed by atoms with Crippen LogP contribution in [0.1, 0.15) is 15.9 Å². The third kappa shape index (κ3) is 3.78. The zero-order valence-electron chi connectivity index (χ0n) is 8.05. The molecule has 5 heteroatoms. The standard InChI is InChI=1S/C10H12N2O3/c13-6-5-11-12-7-8-1-3-9(4-2-8)10(14)15/h1-4,7,11,13H,5-6H2,(H,14,15). The Balaban J connectivity index is 2.56. The smallest absolute Gasteiger partial charge is 0.335 e. The average molecular weight is 208 g/mol. The van der Waals surface area contributed by atoms with Crippen molar-refractivity contribution in [3.05, 3.63) is 35.4 Å². The first kappa shape index (κ1) is 11.2. The van der Waals surface area contributed by atoms with E-state index in [0.29, 0.717) is 6.54 Å². The number of hydrogen-bond donors (Lipinski definition) is 3. The maximum atomic E-state index is 10.5. The first-order chi connectivity index (χ1) is 7.24. The average Bonchev–Trinajstić information content (AvgIpc) is 2.25. The van der Waals surface area contributed by atoms with Crippen molar-refractivity contribution < 1.29 is 15.0 Å². The van der Waals surface area contributed by atoms with E-state index in [-0.39, 0.29) is 12.2 Å². The van der Waals surface area contributed by atoms with Gasteiger partial charge in [-0.05, 0) is 17.7 Å². The molecule has 1 rings (SSSR count). The highest BCUT2D eigenvalue weighted by Crippen LogP contribution is 2.01. The van der Waals surface area contributed by atoms with Crippen LogP contribution in [0.15, 0.2) is 29.4 Å². The highest BCUT2D eigenvalue weighted by atomic mass is 16.4. The van der Waals surface area contributed by atoms with Crippen LogP contribution in [0.3, 0.4) is 0 Å². The van der Waals surface area contributed by atoms with Crippen molar-refractivity contribution in [3.8, 4) is 0 Å². The summed E-state index contributed by atoms with van der Waals surface area (Å²) in [7, 11) is 0. The first-order valence-electron chi connectivity index (χ1n) is 4.44. The number of carboxylic acid groups (broad SMARTS) is 1. The van der Waals surface area contributed by atoms with E-state index in [0.717, 1.165) is 5.56 Å². The van der Waals surface area contributed by atoms with Crippen LogP contribution in [-0.2, 0) is 0 Å². The lowest BCUT2D eigenvalue weighted by molar-refractivity contribution is 0.0697. The third-order valence-electron chi connectivity index (χ3n) is 1.69. The minimum Gasteiger partial charge on any atom is -0.478 e. The van der Waals surface area contributed by atoms with Gasteiger partial charge in [0.15, 0.2) is 0 Å². The monoisotopic (exact) mass is 208 g/mol. The van der Waals surface area contributed by atoms with Gasteiger partial charge < -0.3 is 15.6 Å². The molecule has 0 saturated heterocycles. The summed E-state index contributed by atoms with van der Waals surface area (Å²) in [6.07, 6.45) is 1.56. The number of hydrazone groups is 1. The fourth-order valence-electron chi connectivity index (χ4n) is 0.946. The Morgan fingerprint density at radius 1 is 1.40 bits per heavy atom. The van der Waals surface area contributed by atoms with E-state index < -0.39 is 5.97 Å². The molecular weight excluding hydrogens is 196 g/mol. The maximum absolute atomic E-state index is 10.5. The molecule has 0 aliphatic heterocycles. The van der Waals surface area contributed by atoms with Gasteiger partial charge in [-0.2, -0.15) is 5.10 Å². The molecule has 0 amide bonds. The molecule has 0 aliphatic carbocycles. The number of hydrogen-bond acceptors (Lipinski definition) is 4. The van der Waals surface area contributed by atoms with Gasteiger partial charge in [-0.1, -0.05) is 12.1 Å². The number of nitrogens with one attached hydrogen (secondary N) is 1. The van der Waals surface area contributed by atoms with Crippen LogP contribution in [0.2, 0.25) is 0 Å². The fraction of sp³-hybridized carbons (Fsp3) is 0.200. The molecule has 0 fully saturated rings. The van der Waals surface area contributed by atoms with Gasteiger partial charge in [0.2, 0.25) is 0 Å². The molecule has 5 nitrogen and oxygen atoms in total. The zero-order valence-corrected chi connectivity index (χ0v) is 8.05.